The van der Waals surface area contributed by atoms with Gasteiger partial charge in [0, 0.05) is 31.4 Å². The Morgan fingerprint density at radius 1 is 1.38 bits per heavy atom. The molecule has 0 radical (unpaired) electrons. The molecular formula is C14H20ClF2N3O3S. The lowest BCUT2D eigenvalue weighted by atomic mass is 10.2. The molecule has 0 aliphatic carbocycles. The number of piperazine rings is 1. The van der Waals surface area contributed by atoms with Crippen molar-refractivity contribution in [2.45, 2.75) is 23.6 Å². The number of halogens is 3. The first kappa shape index (κ1) is 20.8. The molecule has 1 amide bonds. The lowest BCUT2D eigenvalue weighted by molar-refractivity contribution is -0.118. The number of nitrogens with zero attached hydrogens (tertiary/aromatic N) is 1. The second-order valence-corrected chi connectivity index (χ2v) is 7.32. The minimum atomic E-state index is -4.61. The van der Waals surface area contributed by atoms with Crippen LogP contribution in [-0.4, -0.2) is 57.2 Å². The molecule has 0 aromatic heterocycles. The number of benzene rings is 1. The number of nitrogens with one attached hydrogen (secondary N) is 2. The van der Waals surface area contributed by atoms with E-state index >= 15 is 0 Å². The number of rotatable bonds is 5. The van der Waals surface area contributed by atoms with Crippen LogP contribution in [0.3, 0.4) is 0 Å². The lowest BCUT2D eigenvalue weighted by Crippen LogP contribution is -2.51. The maximum atomic E-state index is 12.4. The van der Waals surface area contributed by atoms with Crippen LogP contribution in [-0.2, 0) is 14.6 Å². The van der Waals surface area contributed by atoms with Crippen LogP contribution in [0.5, 0.6) is 0 Å². The number of alkyl halides is 2. The third-order valence-corrected chi connectivity index (χ3v) is 5.09. The smallest absolute Gasteiger partial charge is 0.325 e. The molecule has 0 unspecified atom stereocenters. The molecule has 2 N–H and O–H groups in total. The zero-order chi connectivity index (χ0) is 17.0. The van der Waals surface area contributed by atoms with Crippen molar-refractivity contribution in [3.63, 3.8) is 0 Å². The minimum absolute atomic E-state index is 0. The molecule has 1 aromatic carbocycles. The van der Waals surface area contributed by atoms with Crippen molar-refractivity contribution in [2.24, 2.45) is 0 Å². The molecule has 10 heteroatoms. The van der Waals surface area contributed by atoms with E-state index in [9.17, 15) is 22.0 Å². The second-order valence-electron chi connectivity index (χ2n) is 5.40. The van der Waals surface area contributed by atoms with Gasteiger partial charge in [-0.05, 0) is 31.2 Å². The van der Waals surface area contributed by atoms with Gasteiger partial charge in [0.1, 0.15) is 0 Å². The number of hydrogen-bond donors (Lipinski definition) is 2. The fourth-order valence-electron chi connectivity index (χ4n) is 2.33. The maximum Gasteiger partial charge on any atom is 0.341 e. The minimum Gasteiger partial charge on any atom is -0.325 e. The van der Waals surface area contributed by atoms with E-state index in [0.717, 1.165) is 31.8 Å². The van der Waals surface area contributed by atoms with Gasteiger partial charge in [-0.3, -0.25) is 9.69 Å². The molecule has 1 aromatic rings. The second kappa shape index (κ2) is 8.70. The van der Waals surface area contributed by atoms with Gasteiger partial charge in [0.2, 0.25) is 15.7 Å². The van der Waals surface area contributed by atoms with Crippen molar-refractivity contribution < 1.29 is 22.0 Å². The first-order valence-electron chi connectivity index (χ1n) is 7.17. The normalized spacial score (nSPS) is 18.9. The topological polar surface area (TPSA) is 78.5 Å². The molecule has 1 saturated heterocycles. The van der Waals surface area contributed by atoms with Gasteiger partial charge in [0.15, 0.2) is 0 Å². The van der Waals surface area contributed by atoms with Gasteiger partial charge >= 0.3 is 5.76 Å². The highest BCUT2D eigenvalue weighted by Crippen LogP contribution is 2.20. The Hall–Kier alpha value is -1.29. The predicted molar refractivity (Wildman–Crippen MR) is 89.4 cm³/mol. The van der Waals surface area contributed by atoms with Crippen LogP contribution < -0.4 is 10.6 Å². The van der Waals surface area contributed by atoms with Crippen molar-refractivity contribution in [3.8, 4) is 0 Å². The Morgan fingerprint density at radius 3 is 2.54 bits per heavy atom. The summed E-state index contributed by atoms with van der Waals surface area (Å²) in [5.74, 6) is -3.69. The van der Waals surface area contributed by atoms with Gasteiger partial charge in [-0.25, -0.2) is 8.42 Å². The lowest BCUT2D eigenvalue weighted by Gasteiger charge is -2.33. The fraction of sp³-hybridized carbons (Fsp3) is 0.500. The summed E-state index contributed by atoms with van der Waals surface area (Å²) in [5, 5.41) is 5.86. The SMILES string of the molecule is C[C@H]1CNCCN1CC(=O)Nc1ccc(S(=O)(=O)C(F)F)cc1.Cl. The summed E-state index contributed by atoms with van der Waals surface area (Å²) in [4.78, 5) is 13.6. The molecule has 0 saturated carbocycles. The quantitative estimate of drug-likeness (QED) is 0.802. The Labute approximate surface area is 145 Å². The standard InChI is InChI=1S/C14H19F2N3O3S.ClH/c1-10-8-17-6-7-19(10)9-13(20)18-11-2-4-12(5-3-11)23(21,22)14(15)16;/h2-5,10,14,17H,6-9H2,1H3,(H,18,20);1H/t10-;/m0./s1. The molecule has 2 rings (SSSR count). The summed E-state index contributed by atoms with van der Waals surface area (Å²) in [6.07, 6.45) is 0. The Morgan fingerprint density at radius 2 is 2.00 bits per heavy atom. The molecule has 0 bridgehead atoms. The first-order chi connectivity index (χ1) is 10.8. The Bertz CT molecular complexity index is 656. The summed E-state index contributed by atoms with van der Waals surface area (Å²) in [6.45, 7) is 4.63. The van der Waals surface area contributed by atoms with Gasteiger partial charge < -0.3 is 10.6 Å². The van der Waals surface area contributed by atoms with Gasteiger partial charge in [-0.1, -0.05) is 0 Å². The van der Waals surface area contributed by atoms with E-state index in [1.807, 2.05) is 11.8 Å². The number of anilines is 1. The molecular weight excluding hydrogens is 364 g/mol. The molecule has 6 nitrogen and oxygen atoms in total. The van der Waals surface area contributed by atoms with Crippen molar-refractivity contribution in [1.82, 2.24) is 10.2 Å². The highest BCUT2D eigenvalue weighted by molar-refractivity contribution is 7.91. The van der Waals surface area contributed by atoms with Crippen LogP contribution in [0.2, 0.25) is 0 Å². The molecule has 0 spiro atoms. The van der Waals surface area contributed by atoms with Gasteiger partial charge in [-0.15, -0.1) is 12.4 Å². The summed E-state index contributed by atoms with van der Waals surface area (Å²) in [7, 11) is -4.61. The predicted octanol–water partition coefficient (Wildman–Crippen LogP) is 1.34. The third-order valence-electron chi connectivity index (χ3n) is 3.69. The zero-order valence-electron chi connectivity index (χ0n) is 13.0. The van der Waals surface area contributed by atoms with E-state index in [0.29, 0.717) is 5.69 Å². The van der Waals surface area contributed by atoms with Crippen LogP contribution in [0, 0.1) is 0 Å². The van der Waals surface area contributed by atoms with E-state index in [1.54, 1.807) is 0 Å². The average Bonchev–Trinajstić information content (AvgIpc) is 2.50. The molecule has 1 aliphatic heterocycles. The molecule has 1 atom stereocenters. The Balaban J connectivity index is 0.00000288. The molecule has 24 heavy (non-hydrogen) atoms. The van der Waals surface area contributed by atoms with Crippen molar-refractivity contribution in [2.75, 3.05) is 31.5 Å². The molecule has 1 heterocycles. The zero-order valence-corrected chi connectivity index (χ0v) is 14.7. The average molecular weight is 384 g/mol. The van der Waals surface area contributed by atoms with Crippen molar-refractivity contribution >= 4 is 33.8 Å². The number of sulfone groups is 1. The maximum absolute atomic E-state index is 12.4. The van der Waals surface area contributed by atoms with E-state index < -0.39 is 20.5 Å². The molecule has 136 valence electrons. The third kappa shape index (κ3) is 5.10. The summed E-state index contributed by atoms with van der Waals surface area (Å²) >= 11 is 0. The van der Waals surface area contributed by atoms with Gasteiger partial charge in [0.05, 0.1) is 11.4 Å². The van der Waals surface area contributed by atoms with E-state index in [1.165, 1.54) is 12.1 Å². The monoisotopic (exact) mass is 383 g/mol. The Kier molecular flexibility index (Phi) is 7.53. The largest absolute Gasteiger partial charge is 0.341 e. The summed E-state index contributed by atoms with van der Waals surface area (Å²) in [5.41, 5.74) is 0.367. The number of hydrogen-bond acceptors (Lipinski definition) is 5. The highest BCUT2D eigenvalue weighted by atomic mass is 35.5. The van der Waals surface area contributed by atoms with Crippen molar-refractivity contribution in [1.29, 1.82) is 0 Å². The number of carbonyl (C=O) groups is 1. The molecule has 1 aliphatic rings. The van der Waals surface area contributed by atoms with Gasteiger partial charge in [0.25, 0.3) is 0 Å². The van der Waals surface area contributed by atoms with Gasteiger partial charge in [-0.2, -0.15) is 8.78 Å². The first-order valence-corrected chi connectivity index (χ1v) is 8.72. The number of amides is 1. The summed E-state index contributed by atoms with van der Waals surface area (Å²) < 4.78 is 47.5. The van der Waals surface area contributed by atoms with Crippen molar-refractivity contribution in [3.05, 3.63) is 24.3 Å². The molecule has 1 fully saturated rings. The van der Waals surface area contributed by atoms with Crippen LogP contribution >= 0.6 is 12.4 Å². The van der Waals surface area contributed by atoms with Crippen LogP contribution in [0.1, 0.15) is 6.92 Å². The van der Waals surface area contributed by atoms with Crippen LogP contribution in [0.25, 0.3) is 0 Å². The fourth-order valence-corrected chi connectivity index (χ4v) is 3.05. The van der Waals surface area contributed by atoms with E-state index in [-0.39, 0.29) is 30.9 Å². The summed E-state index contributed by atoms with van der Waals surface area (Å²) in [6, 6.07) is 4.96. The van der Waals surface area contributed by atoms with Crippen LogP contribution in [0.4, 0.5) is 14.5 Å². The number of carbonyl (C=O) groups excluding carboxylic acids is 1. The van der Waals surface area contributed by atoms with Crippen LogP contribution in [0.15, 0.2) is 29.2 Å². The highest BCUT2D eigenvalue weighted by Gasteiger charge is 2.26. The van der Waals surface area contributed by atoms with E-state index in [4.69, 9.17) is 0 Å². The van der Waals surface area contributed by atoms with E-state index in [2.05, 4.69) is 10.6 Å².